The van der Waals surface area contributed by atoms with Crippen LogP contribution in [0.4, 0.5) is 4.39 Å². The maximum absolute atomic E-state index is 14.5. The van der Waals surface area contributed by atoms with Crippen molar-refractivity contribution in [3.63, 3.8) is 0 Å². The molecule has 0 bridgehead atoms. The maximum Gasteiger partial charge on any atom is 0.341 e. The van der Waals surface area contributed by atoms with Gasteiger partial charge in [-0.25, -0.2) is 9.18 Å². The summed E-state index contributed by atoms with van der Waals surface area (Å²) < 4.78 is 20.5. The Bertz CT molecular complexity index is 502. The van der Waals surface area contributed by atoms with Gasteiger partial charge in [0.1, 0.15) is 11.4 Å². The first-order valence-corrected chi connectivity index (χ1v) is 7.96. The van der Waals surface area contributed by atoms with E-state index in [2.05, 4.69) is 22.6 Å². The lowest BCUT2D eigenvalue weighted by Gasteiger charge is -2.20. The molecule has 0 spiro atoms. The summed E-state index contributed by atoms with van der Waals surface area (Å²) in [5, 5.41) is 0. The van der Waals surface area contributed by atoms with Crippen molar-refractivity contribution in [2.75, 3.05) is 0 Å². The molecule has 0 aliphatic heterocycles. The van der Waals surface area contributed by atoms with Gasteiger partial charge in [-0.1, -0.05) is 28.7 Å². The lowest BCUT2D eigenvalue weighted by atomic mass is 10.00. The van der Waals surface area contributed by atoms with Crippen LogP contribution in [0.25, 0.3) is 0 Å². The van der Waals surface area contributed by atoms with Crippen molar-refractivity contribution in [1.29, 1.82) is 0 Å². The SMILES string of the molecule is CC(C)(C)OC(=O)c1ccc(CI)c(C2CC2)c1F. The summed E-state index contributed by atoms with van der Waals surface area (Å²) in [5.74, 6) is -0.676. The summed E-state index contributed by atoms with van der Waals surface area (Å²) in [6, 6.07) is 3.39. The van der Waals surface area contributed by atoms with Gasteiger partial charge in [-0.05, 0) is 56.7 Å². The zero-order valence-corrected chi connectivity index (χ0v) is 13.6. The molecule has 0 heterocycles. The Labute approximate surface area is 126 Å². The van der Waals surface area contributed by atoms with E-state index in [9.17, 15) is 9.18 Å². The predicted molar refractivity (Wildman–Crippen MR) is 81.3 cm³/mol. The van der Waals surface area contributed by atoms with Gasteiger partial charge in [0, 0.05) is 4.43 Å². The normalized spacial score (nSPS) is 15.4. The third-order valence-corrected chi connectivity index (χ3v) is 3.84. The summed E-state index contributed by atoms with van der Waals surface area (Å²) in [4.78, 5) is 12.0. The van der Waals surface area contributed by atoms with Gasteiger partial charge in [-0.3, -0.25) is 0 Å². The highest BCUT2D eigenvalue weighted by molar-refractivity contribution is 14.1. The van der Waals surface area contributed by atoms with Crippen molar-refractivity contribution >= 4 is 28.6 Å². The number of carbonyl (C=O) groups is 1. The first-order chi connectivity index (χ1) is 8.83. The van der Waals surface area contributed by atoms with Crippen molar-refractivity contribution in [2.45, 2.75) is 49.6 Å². The van der Waals surface area contributed by atoms with Crippen molar-refractivity contribution in [3.8, 4) is 0 Å². The fourth-order valence-corrected chi connectivity index (χ4v) is 2.72. The van der Waals surface area contributed by atoms with Gasteiger partial charge >= 0.3 is 5.97 Å². The second kappa shape index (κ2) is 5.38. The molecule has 1 fully saturated rings. The number of alkyl halides is 1. The molecule has 19 heavy (non-hydrogen) atoms. The van der Waals surface area contributed by atoms with Gasteiger partial charge in [0.25, 0.3) is 0 Å². The molecule has 1 aromatic rings. The lowest BCUT2D eigenvalue weighted by Crippen LogP contribution is -2.24. The fraction of sp³-hybridized carbons (Fsp3) is 0.533. The number of esters is 1. The van der Waals surface area contributed by atoms with Crippen LogP contribution in [0, 0.1) is 5.82 Å². The highest BCUT2D eigenvalue weighted by Gasteiger charge is 2.32. The van der Waals surface area contributed by atoms with Gasteiger partial charge in [0.2, 0.25) is 0 Å². The van der Waals surface area contributed by atoms with Crippen LogP contribution < -0.4 is 0 Å². The molecule has 1 aliphatic rings. The third-order valence-electron chi connectivity index (χ3n) is 3.02. The first-order valence-electron chi connectivity index (χ1n) is 6.44. The van der Waals surface area contributed by atoms with Crippen LogP contribution >= 0.6 is 22.6 Å². The molecule has 0 radical (unpaired) electrons. The molecule has 4 heteroatoms. The zero-order chi connectivity index (χ0) is 14.2. The van der Waals surface area contributed by atoms with E-state index >= 15 is 0 Å². The van der Waals surface area contributed by atoms with E-state index in [0.717, 1.165) is 28.4 Å². The van der Waals surface area contributed by atoms with Crippen LogP contribution in [0.2, 0.25) is 0 Å². The molecule has 0 amide bonds. The molecule has 1 saturated carbocycles. The van der Waals surface area contributed by atoms with E-state index in [1.54, 1.807) is 26.8 Å². The number of halogens is 2. The molecule has 0 aromatic heterocycles. The van der Waals surface area contributed by atoms with E-state index < -0.39 is 11.6 Å². The minimum absolute atomic E-state index is 0.0606. The topological polar surface area (TPSA) is 26.3 Å². The predicted octanol–water partition coefficient (Wildman–Crippen LogP) is 4.59. The molecule has 0 unspecified atom stereocenters. The number of rotatable bonds is 3. The Morgan fingerprint density at radius 2 is 2.05 bits per heavy atom. The molecule has 1 aromatic carbocycles. The first kappa shape index (κ1) is 14.8. The number of hydrogen-bond donors (Lipinski definition) is 0. The summed E-state index contributed by atoms with van der Waals surface area (Å²) in [7, 11) is 0. The van der Waals surface area contributed by atoms with Crippen molar-refractivity contribution in [1.82, 2.24) is 0 Å². The van der Waals surface area contributed by atoms with Crippen LogP contribution in [0.3, 0.4) is 0 Å². The Hall–Kier alpha value is -0.650. The van der Waals surface area contributed by atoms with Crippen LogP contribution in [0.15, 0.2) is 12.1 Å². The second-order valence-corrected chi connectivity index (χ2v) is 6.67. The largest absolute Gasteiger partial charge is 0.456 e. The molecule has 2 rings (SSSR count). The Morgan fingerprint density at radius 3 is 2.53 bits per heavy atom. The molecular weight excluding hydrogens is 358 g/mol. The molecule has 1 aliphatic carbocycles. The fourth-order valence-electron chi connectivity index (χ4n) is 2.05. The van der Waals surface area contributed by atoms with E-state index in [4.69, 9.17) is 4.74 Å². The summed E-state index contributed by atoms with van der Waals surface area (Å²) in [5.41, 5.74) is 1.17. The molecule has 0 saturated heterocycles. The smallest absolute Gasteiger partial charge is 0.341 e. The minimum atomic E-state index is -0.606. The Morgan fingerprint density at radius 1 is 1.42 bits per heavy atom. The molecule has 0 atom stereocenters. The standard InChI is InChI=1S/C15H18FIO2/c1-15(2,3)19-14(18)11-7-6-10(8-17)12(13(11)16)9-4-5-9/h6-7,9H,4-5,8H2,1-3H3. The number of benzene rings is 1. The van der Waals surface area contributed by atoms with E-state index in [1.165, 1.54) is 0 Å². The van der Waals surface area contributed by atoms with Gasteiger partial charge in [0.15, 0.2) is 0 Å². The van der Waals surface area contributed by atoms with Gasteiger partial charge in [-0.15, -0.1) is 0 Å². The highest BCUT2D eigenvalue weighted by atomic mass is 127. The summed E-state index contributed by atoms with van der Waals surface area (Å²) in [6.07, 6.45) is 2.02. The van der Waals surface area contributed by atoms with Crippen molar-refractivity contribution < 1.29 is 13.9 Å². The van der Waals surface area contributed by atoms with E-state index in [1.807, 2.05) is 6.07 Å². The monoisotopic (exact) mass is 376 g/mol. The molecule has 2 nitrogen and oxygen atoms in total. The Balaban J connectivity index is 2.37. The van der Waals surface area contributed by atoms with Gasteiger partial charge < -0.3 is 4.74 Å². The van der Waals surface area contributed by atoms with Crippen LogP contribution in [0.1, 0.15) is 61.0 Å². The lowest BCUT2D eigenvalue weighted by molar-refractivity contribution is 0.00645. The van der Waals surface area contributed by atoms with Crippen LogP contribution in [-0.2, 0) is 9.16 Å². The van der Waals surface area contributed by atoms with E-state index in [0.29, 0.717) is 0 Å². The molecular formula is C15H18FIO2. The quantitative estimate of drug-likeness (QED) is 0.438. The average molecular weight is 376 g/mol. The third kappa shape index (κ3) is 3.46. The van der Waals surface area contributed by atoms with Crippen LogP contribution in [0.5, 0.6) is 0 Å². The van der Waals surface area contributed by atoms with Gasteiger partial charge in [-0.2, -0.15) is 0 Å². The molecule has 104 valence electrons. The summed E-state index contributed by atoms with van der Waals surface area (Å²) in [6.45, 7) is 5.34. The van der Waals surface area contributed by atoms with Crippen molar-refractivity contribution in [3.05, 3.63) is 34.6 Å². The number of hydrogen-bond acceptors (Lipinski definition) is 2. The van der Waals surface area contributed by atoms with Gasteiger partial charge in [0.05, 0.1) is 5.56 Å². The Kier molecular flexibility index (Phi) is 4.18. The highest BCUT2D eigenvalue weighted by Crippen LogP contribution is 2.44. The van der Waals surface area contributed by atoms with Crippen molar-refractivity contribution in [2.24, 2.45) is 0 Å². The average Bonchev–Trinajstić information content (AvgIpc) is 3.09. The van der Waals surface area contributed by atoms with Crippen LogP contribution in [-0.4, -0.2) is 11.6 Å². The summed E-state index contributed by atoms with van der Waals surface area (Å²) >= 11 is 2.23. The maximum atomic E-state index is 14.5. The zero-order valence-electron chi connectivity index (χ0n) is 11.4. The minimum Gasteiger partial charge on any atom is -0.456 e. The second-order valence-electron chi connectivity index (χ2n) is 5.91. The van der Waals surface area contributed by atoms with E-state index in [-0.39, 0.29) is 17.3 Å². The number of carbonyl (C=O) groups excluding carboxylic acids is 1. The number of ether oxygens (including phenoxy) is 1. The molecule has 0 N–H and O–H groups in total.